The summed E-state index contributed by atoms with van der Waals surface area (Å²) in [6.45, 7) is 1.64. The van der Waals surface area contributed by atoms with Crippen molar-refractivity contribution in [2.24, 2.45) is 0 Å². The second-order valence-electron chi connectivity index (χ2n) is 6.92. The summed E-state index contributed by atoms with van der Waals surface area (Å²) in [4.78, 5) is 25.1. The van der Waals surface area contributed by atoms with E-state index in [2.05, 4.69) is 0 Å². The summed E-state index contributed by atoms with van der Waals surface area (Å²) >= 11 is 0. The van der Waals surface area contributed by atoms with Gasteiger partial charge in [0.15, 0.2) is 0 Å². The number of carbonyl (C=O) groups is 1. The summed E-state index contributed by atoms with van der Waals surface area (Å²) in [5.74, 6) is 1.30. The summed E-state index contributed by atoms with van der Waals surface area (Å²) in [5.41, 5.74) is 0.863. The molecule has 0 spiro atoms. The van der Waals surface area contributed by atoms with Crippen LogP contribution in [0.5, 0.6) is 23.0 Å². The average Bonchev–Trinajstić information content (AvgIpc) is 2.81. The van der Waals surface area contributed by atoms with E-state index in [1.165, 1.54) is 12.1 Å². The standard InChI is InChI=1S/C26H20O6/c1-17-26(32-20-11-9-19(29-2)10-12-20)25(28)22-14-13-21(16-23(22)30-17)31-24(27)15-8-18-6-4-3-5-7-18/h3-16H,1-2H3. The lowest BCUT2D eigenvalue weighted by Gasteiger charge is -2.10. The normalized spacial score (nSPS) is 10.9. The van der Waals surface area contributed by atoms with Gasteiger partial charge in [-0.05, 0) is 55.0 Å². The van der Waals surface area contributed by atoms with Gasteiger partial charge in [-0.2, -0.15) is 0 Å². The minimum absolute atomic E-state index is 0.0956. The molecule has 0 bridgehead atoms. The van der Waals surface area contributed by atoms with Crippen molar-refractivity contribution in [3.8, 4) is 23.0 Å². The van der Waals surface area contributed by atoms with E-state index >= 15 is 0 Å². The van der Waals surface area contributed by atoms with Crippen LogP contribution < -0.4 is 19.6 Å². The Morgan fingerprint density at radius 2 is 1.59 bits per heavy atom. The van der Waals surface area contributed by atoms with Gasteiger partial charge in [0.1, 0.15) is 28.6 Å². The number of benzene rings is 3. The minimum Gasteiger partial charge on any atom is -0.497 e. The zero-order valence-corrected chi connectivity index (χ0v) is 17.5. The van der Waals surface area contributed by atoms with Crippen molar-refractivity contribution in [2.75, 3.05) is 7.11 Å². The van der Waals surface area contributed by atoms with Crippen LogP contribution in [0, 0.1) is 6.92 Å². The molecular formula is C26H20O6. The van der Waals surface area contributed by atoms with Gasteiger partial charge in [-0.25, -0.2) is 4.79 Å². The largest absolute Gasteiger partial charge is 0.497 e. The Labute approximate surface area is 184 Å². The highest BCUT2D eigenvalue weighted by Crippen LogP contribution is 2.28. The van der Waals surface area contributed by atoms with E-state index in [-0.39, 0.29) is 16.9 Å². The quantitative estimate of drug-likeness (QED) is 0.229. The summed E-state index contributed by atoms with van der Waals surface area (Å²) in [6, 6.07) is 20.9. The number of hydrogen-bond donors (Lipinski definition) is 0. The molecule has 1 aromatic heterocycles. The predicted octanol–water partition coefficient (Wildman–Crippen LogP) is 5.52. The van der Waals surface area contributed by atoms with Crippen LogP contribution in [0.25, 0.3) is 17.0 Å². The van der Waals surface area contributed by atoms with Crippen molar-refractivity contribution in [2.45, 2.75) is 6.92 Å². The van der Waals surface area contributed by atoms with Crippen LogP contribution in [0.1, 0.15) is 11.3 Å². The first-order chi connectivity index (χ1) is 15.5. The average molecular weight is 428 g/mol. The molecule has 0 amide bonds. The number of carbonyl (C=O) groups excluding carboxylic acids is 1. The van der Waals surface area contributed by atoms with E-state index < -0.39 is 5.97 Å². The molecule has 0 saturated heterocycles. The fourth-order valence-electron chi connectivity index (χ4n) is 3.09. The van der Waals surface area contributed by atoms with Gasteiger partial charge >= 0.3 is 5.97 Å². The van der Waals surface area contributed by atoms with E-state index in [0.29, 0.717) is 28.2 Å². The second-order valence-corrected chi connectivity index (χ2v) is 6.92. The topological polar surface area (TPSA) is 75.0 Å². The van der Waals surface area contributed by atoms with Crippen LogP contribution in [-0.4, -0.2) is 13.1 Å². The highest BCUT2D eigenvalue weighted by molar-refractivity contribution is 5.89. The van der Waals surface area contributed by atoms with Crippen LogP contribution >= 0.6 is 0 Å². The molecule has 4 aromatic rings. The fraction of sp³-hybridized carbons (Fsp3) is 0.0769. The zero-order valence-electron chi connectivity index (χ0n) is 17.5. The lowest BCUT2D eigenvalue weighted by atomic mass is 10.2. The van der Waals surface area contributed by atoms with E-state index in [4.69, 9.17) is 18.6 Å². The number of methoxy groups -OCH3 is 1. The number of aryl methyl sites for hydroxylation is 1. The molecule has 32 heavy (non-hydrogen) atoms. The molecule has 160 valence electrons. The van der Waals surface area contributed by atoms with E-state index in [1.54, 1.807) is 56.5 Å². The molecule has 0 radical (unpaired) electrons. The van der Waals surface area contributed by atoms with Crippen LogP contribution in [-0.2, 0) is 4.79 Å². The third kappa shape index (κ3) is 4.70. The Bertz CT molecular complexity index is 1330. The Morgan fingerprint density at radius 1 is 0.906 bits per heavy atom. The minimum atomic E-state index is -0.535. The number of esters is 1. The molecule has 1 heterocycles. The van der Waals surface area contributed by atoms with Crippen LogP contribution in [0.15, 0.2) is 88.1 Å². The van der Waals surface area contributed by atoms with Gasteiger partial charge in [0, 0.05) is 12.1 Å². The number of rotatable bonds is 6. The maximum absolute atomic E-state index is 12.9. The first-order valence-corrected chi connectivity index (χ1v) is 9.88. The van der Waals surface area contributed by atoms with Gasteiger partial charge in [0.2, 0.25) is 11.2 Å². The lowest BCUT2D eigenvalue weighted by molar-refractivity contribution is -0.128. The molecule has 0 saturated carbocycles. The molecule has 0 N–H and O–H groups in total. The molecule has 4 rings (SSSR count). The molecule has 0 aliphatic heterocycles. The molecule has 0 atom stereocenters. The monoisotopic (exact) mass is 428 g/mol. The molecular weight excluding hydrogens is 408 g/mol. The summed E-state index contributed by atoms with van der Waals surface area (Å²) in [5, 5.41) is 0.318. The van der Waals surface area contributed by atoms with Gasteiger partial charge in [-0.15, -0.1) is 0 Å². The van der Waals surface area contributed by atoms with Crippen LogP contribution in [0.4, 0.5) is 0 Å². The van der Waals surface area contributed by atoms with Crippen molar-refractivity contribution >= 4 is 23.0 Å². The summed E-state index contributed by atoms with van der Waals surface area (Å²) in [6.07, 6.45) is 3.00. The van der Waals surface area contributed by atoms with Crippen molar-refractivity contribution in [3.05, 3.63) is 100 Å². The molecule has 0 aliphatic rings. The predicted molar refractivity (Wildman–Crippen MR) is 121 cm³/mol. The van der Waals surface area contributed by atoms with Crippen molar-refractivity contribution in [1.82, 2.24) is 0 Å². The Morgan fingerprint density at radius 3 is 2.31 bits per heavy atom. The summed E-state index contributed by atoms with van der Waals surface area (Å²) in [7, 11) is 1.57. The van der Waals surface area contributed by atoms with Crippen LogP contribution in [0.3, 0.4) is 0 Å². The Hall–Kier alpha value is -4.32. The van der Waals surface area contributed by atoms with Crippen molar-refractivity contribution < 1.29 is 23.4 Å². The molecule has 0 unspecified atom stereocenters. The van der Waals surface area contributed by atoms with Crippen LogP contribution in [0.2, 0.25) is 0 Å². The number of hydrogen-bond acceptors (Lipinski definition) is 6. The van der Waals surface area contributed by atoms with Crippen molar-refractivity contribution in [3.63, 3.8) is 0 Å². The highest BCUT2D eigenvalue weighted by atomic mass is 16.5. The highest BCUT2D eigenvalue weighted by Gasteiger charge is 2.15. The van der Waals surface area contributed by atoms with Gasteiger partial charge < -0.3 is 18.6 Å². The molecule has 6 nitrogen and oxygen atoms in total. The van der Waals surface area contributed by atoms with Gasteiger partial charge in [-0.1, -0.05) is 30.3 Å². The molecule has 0 aliphatic carbocycles. The van der Waals surface area contributed by atoms with Crippen molar-refractivity contribution in [1.29, 1.82) is 0 Å². The Kier molecular flexibility index (Phi) is 6.03. The maximum atomic E-state index is 12.9. The van der Waals surface area contributed by atoms with Gasteiger partial charge in [0.05, 0.1) is 12.5 Å². The van der Waals surface area contributed by atoms with E-state index in [1.807, 2.05) is 30.3 Å². The van der Waals surface area contributed by atoms with E-state index in [0.717, 1.165) is 5.56 Å². The fourth-order valence-corrected chi connectivity index (χ4v) is 3.09. The zero-order chi connectivity index (χ0) is 22.5. The maximum Gasteiger partial charge on any atom is 0.336 e. The smallest absolute Gasteiger partial charge is 0.336 e. The SMILES string of the molecule is COc1ccc(Oc2c(C)oc3cc(OC(=O)C=Cc4ccccc4)ccc3c2=O)cc1. The number of fused-ring (bicyclic) bond motifs is 1. The molecule has 0 fully saturated rings. The third-order valence-corrected chi connectivity index (χ3v) is 4.70. The van der Waals surface area contributed by atoms with E-state index in [9.17, 15) is 9.59 Å². The van der Waals surface area contributed by atoms with Gasteiger partial charge in [-0.3, -0.25) is 4.79 Å². The van der Waals surface area contributed by atoms with Gasteiger partial charge in [0.25, 0.3) is 0 Å². The molecule has 3 aromatic carbocycles. The second kappa shape index (κ2) is 9.22. The lowest BCUT2D eigenvalue weighted by Crippen LogP contribution is -2.08. The molecule has 6 heteroatoms. The first kappa shape index (κ1) is 20.9. The Balaban J connectivity index is 1.55. The first-order valence-electron chi connectivity index (χ1n) is 9.88. The third-order valence-electron chi connectivity index (χ3n) is 4.70. The number of ether oxygens (including phenoxy) is 3. The summed E-state index contributed by atoms with van der Waals surface area (Å²) < 4.78 is 22.0.